The normalized spacial score (nSPS) is 43.8. The number of amides is 2. The molecule has 0 aromatic rings. The summed E-state index contributed by atoms with van der Waals surface area (Å²) in [5.41, 5.74) is -0.238. The van der Waals surface area contributed by atoms with Gasteiger partial charge in [0.15, 0.2) is 0 Å². The van der Waals surface area contributed by atoms with E-state index in [2.05, 4.69) is 6.92 Å². The molecule has 0 aromatic heterocycles. The second-order valence-electron chi connectivity index (χ2n) is 4.67. The second-order valence-corrected chi connectivity index (χ2v) is 4.67. The van der Waals surface area contributed by atoms with Crippen LogP contribution < -0.4 is 0 Å². The van der Waals surface area contributed by atoms with Crippen LogP contribution in [0.5, 0.6) is 0 Å². The molecule has 2 aliphatic rings. The van der Waals surface area contributed by atoms with Gasteiger partial charge in [-0.1, -0.05) is 13.8 Å². The van der Waals surface area contributed by atoms with Gasteiger partial charge in [-0.15, -0.1) is 0 Å². The molecule has 3 atom stereocenters. The highest BCUT2D eigenvalue weighted by Gasteiger charge is 2.52. The lowest BCUT2D eigenvalue weighted by Crippen LogP contribution is -2.35. The summed E-state index contributed by atoms with van der Waals surface area (Å²) in [7, 11) is 0. The average molecular weight is 181 g/mol. The van der Waals surface area contributed by atoms with Gasteiger partial charge in [0, 0.05) is 11.5 Å². The molecule has 3 unspecified atom stereocenters. The molecule has 13 heavy (non-hydrogen) atoms. The van der Waals surface area contributed by atoms with E-state index in [-0.39, 0.29) is 17.4 Å². The van der Waals surface area contributed by atoms with Crippen molar-refractivity contribution in [2.75, 3.05) is 0 Å². The first-order chi connectivity index (χ1) is 6.08. The number of imide groups is 1. The van der Waals surface area contributed by atoms with Crippen molar-refractivity contribution in [1.29, 1.82) is 0 Å². The van der Waals surface area contributed by atoms with Crippen molar-refractivity contribution < 1.29 is 9.59 Å². The Labute approximate surface area is 78.1 Å². The summed E-state index contributed by atoms with van der Waals surface area (Å²) < 4.78 is 0. The molecule has 2 amide bonds. The van der Waals surface area contributed by atoms with Crippen LogP contribution in [0.15, 0.2) is 0 Å². The summed E-state index contributed by atoms with van der Waals surface area (Å²) >= 11 is 0. The highest BCUT2D eigenvalue weighted by molar-refractivity contribution is 5.93. The van der Waals surface area contributed by atoms with Crippen molar-refractivity contribution in [3.05, 3.63) is 0 Å². The first-order valence-corrected chi connectivity index (χ1v) is 4.86. The predicted molar refractivity (Wildman–Crippen MR) is 47.8 cm³/mol. The summed E-state index contributed by atoms with van der Waals surface area (Å²) in [6.45, 7) is 4.11. The van der Waals surface area contributed by atoms with E-state index in [1.54, 1.807) is 0 Å². The van der Waals surface area contributed by atoms with E-state index in [4.69, 9.17) is 0 Å². The Morgan fingerprint density at radius 2 is 2.31 bits per heavy atom. The molecular weight excluding hydrogens is 166 g/mol. The number of carbonyl (C=O) groups excluding carboxylic acids is 2. The quantitative estimate of drug-likeness (QED) is 0.570. The van der Waals surface area contributed by atoms with Gasteiger partial charge in [0.2, 0.25) is 12.3 Å². The lowest BCUT2D eigenvalue weighted by molar-refractivity contribution is -0.141. The molecule has 1 saturated heterocycles. The topological polar surface area (TPSA) is 37.4 Å². The molecule has 0 aromatic carbocycles. The zero-order valence-corrected chi connectivity index (χ0v) is 8.12. The third kappa shape index (κ3) is 1.02. The highest BCUT2D eigenvalue weighted by atomic mass is 16.2. The third-order valence-corrected chi connectivity index (χ3v) is 3.69. The van der Waals surface area contributed by atoms with Crippen molar-refractivity contribution in [2.24, 2.45) is 11.3 Å². The number of carbonyl (C=O) groups is 2. The molecule has 1 saturated carbocycles. The van der Waals surface area contributed by atoms with Crippen LogP contribution in [-0.4, -0.2) is 23.3 Å². The van der Waals surface area contributed by atoms with E-state index in [1.807, 2.05) is 6.92 Å². The van der Waals surface area contributed by atoms with Gasteiger partial charge in [-0.05, 0) is 25.2 Å². The number of hydrogen-bond donors (Lipinski definition) is 0. The molecule has 3 heteroatoms. The van der Waals surface area contributed by atoms with Crippen molar-refractivity contribution in [3.63, 3.8) is 0 Å². The highest BCUT2D eigenvalue weighted by Crippen LogP contribution is 2.47. The molecule has 2 fully saturated rings. The molecular formula is C10H15NO2. The van der Waals surface area contributed by atoms with Crippen LogP contribution in [-0.2, 0) is 9.59 Å². The number of nitrogens with zero attached hydrogens (tertiary/aromatic N) is 1. The number of fused-ring (bicyclic) bond motifs is 2. The molecule has 1 heterocycles. The fourth-order valence-corrected chi connectivity index (χ4v) is 2.66. The van der Waals surface area contributed by atoms with E-state index >= 15 is 0 Å². The Bertz CT molecular complexity index is 264. The maximum Gasteiger partial charge on any atom is 0.235 e. The van der Waals surface area contributed by atoms with Gasteiger partial charge in [-0.2, -0.15) is 0 Å². The van der Waals surface area contributed by atoms with E-state index < -0.39 is 0 Å². The average Bonchev–Trinajstić information content (AvgIpc) is 2.32. The Hall–Kier alpha value is -0.860. The van der Waals surface area contributed by atoms with Crippen molar-refractivity contribution in [2.45, 2.75) is 39.2 Å². The fourth-order valence-electron chi connectivity index (χ4n) is 2.66. The lowest BCUT2D eigenvalue weighted by Gasteiger charge is -2.30. The first-order valence-electron chi connectivity index (χ1n) is 4.86. The van der Waals surface area contributed by atoms with Crippen LogP contribution in [0.2, 0.25) is 0 Å². The third-order valence-electron chi connectivity index (χ3n) is 3.69. The molecule has 0 N–H and O–H groups in total. The minimum Gasteiger partial charge on any atom is -0.281 e. The Morgan fingerprint density at radius 3 is 2.92 bits per heavy atom. The Kier molecular flexibility index (Phi) is 1.72. The van der Waals surface area contributed by atoms with Crippen LogP contribution in [0.1, 0.15) is 33.1 Å². The Morgan fingerprint density at radius 1 is 1.62 bits per heavy atom. The maximum atomic E-state index is 11.8. The fraction of sp³-hybridized carbons (Fsp3) is 0.800. The summed E-state index contributed by atoms with van der Waals surface area (Å²) in [4.78, 5) is 23.9. The van der Waals surface area contributed by atoms with Crippen LogP contribution >= 0.6 is 0 Å². The second kappa shape index (κ2) is 2.56. The van der Waals surface area contributed by atoms with Gasteiger partial charge in [0.1, 0.15) is 0 Å². The minimum absolute atomic E-state index is 0.0388. The van der Waals surface area contributed by atoms with Crippen molar-refractivity contribution in [1.82, 2.24) is 4.90 Å². The van der Waals surface area contributed by atoms with Crippen LogP contribution in [0.3, 0.4) is 0 Å². The minimum atomic E-state index is -0.238. The molecule has 2 rings (SSSR count). The van der Waals surface area contributed by atoms with Gasteiger partial charge in [-0.25, -0.2) is 0 Å². The molecule has 1 aliphatic carbocycles. The van der Waals surface area contributed by atoms with Gasteiger partial charge in [0.05, 0.1) is 0 Å². The molecule has 0 radical (unpaired) electrons. The van der Waals surface area contributed by atoms with Crippen molar-refractivity contribution >= 4 is 12.3 Å². The van der Waals surface area contributed by atoms with Gasteiger partial charge < -0.3 is 0 Å². The molecule has 72 valence electrons. The van der Waals surface area contributed by atoms with Gasteiger partial charge >= 0.3 is 0 Å². The number of likely N-dealkylation sites (tertiary alicyclic amines) is 1. The lowest BCUT2D eigenvalue weighted by atomic mass is 9.73. The van der Waals surface area contributed by atoms with Crippen LogP contribution in [0.25, 0.3) is 0 Å². The Balaban J connectivity index is 2.34. The van der Waals surface area contributed by atoms with Crippen LogP contribution in [0.4, 0.5) is 0 Å². The van der Waals surface area contributed by atoms with Gasteiger partial charge in [-0.3, -0.25) is 14.5 Å². The SMILES string of the molecule is CC1CCC2(C)CC1N(C=O)C2=O. The van der Waals surface area contributed by atoms with Crippen molar-refractivity contribution in [3.8, 4) is 0 Å². The van der Waals surface area contributed by atoms with E-state index in [9.17, 15) is 9.59 Å². The maximum absolute atomic E-state index is 11.8. The number of rotatable bonds is 1. The standard InChI is InChI=1S/C10H15NO2/c1-7-3-4-10(2)5-8(7)11(6-12)9(10)13/h6-8H,3-5H2,1-2H3. The summed E-state index contributed by atoms with van der Waals surface area (Å²) in [5, 5.41) is 0. The monoisotopic (exact) mass is 181 g/mol. The summed E-state index contributed by atoms with van der Waals surface area (Å²) in [5.74, 6) is 0.515. The molecule has 3 nitrogen and oxygen atoms in total. The van der Waals surface area contributed by atoms with Gasteiger partial charge in [0.25, 0.3) is 0 Å². The smallest absolute Gasteiger partial charge is 0.235 e. The van der Waals surface area contributed by atoms with E-state index in [0.717, 1.165) is 19.3 Å². The largest absolute Gasteiger partial charge is 0.281 e. The summed E-state index contributed by atoms with van der Waals surface area (Å²) in [6, 6.07) is 0.170. The molecule has 1 aliphatic heterocycles. The number of hydrogen-bond acceptors (Lipinski definition) is 2. The zero-order chi connectivity index (χ0) is 9.64. The first kappa shape index (κ1) is 8.73. The van der Waals surface area contributed by atoms with E-state index in [0.29, 0.717) is 12.3 Å². The zero-order valence-electron chi connectivity index (χ0n) is 8.12. The summed E-state index contributed by atoms with van der Waals surface area (Å²) in [6.07, 6.45) is 3.58. The predicted octanol–water partition coefficient (Wildman–Crippen LogP) is 1.18. The van der Waals surface area contributed by atoms with E-state index in [1.165, 1.54) is 4.90 Å². The molecule has 2 bridgehead atoms. The molecule has 0 spiro atoms. The van der Waals surface area contributed by atoms with Crippen LogP contribution in [0, 0.1) is 11.3 Å².